The molecule has 0 aliphatic heterocycles. The van der Waals surface area contributed by atoms with Gasteiger partial charge in [-0.25, -0.2) is 14.8 Å². The molecule has 5 nitrogen and oxygen atoms in total. The van der Waals surface area contributed by atoms with E-state index in [1.54, 1.807) is 36.3 Å². The van der Waals surface area contributed by atoms with Crippen molar-refractivity contribution in [1.82, 2.24) is 9.97 Å². The van der Waals surface area contributed by atoms with E-state index in [0.717, 1.165) is 15.8 Å². The normalized spacial score (nSPS) is 16.6. The number of carboxylic acid groups (broad SMARTS) is 1. The molecular weight excluding hydrogens is 380 g/mol. The van der Waals surface area contributed by atoms with Crippen LogP contribution in [0.25, 0.3) is 0 Å². The number of aromatic nitrogens is 2. The molecule has 2 aromatic rings. The maximum absolute atomic E-state index is 10.9. The Labute approximate surface area is 168 Å². The minimum atomic E-state index is -0.889. The number of thioether (sulfide) groups is 2. The van der Waals surface area contributed by atoms with Crippen LogP contribution < -0.4 is 0 Å². The van der Waals surface area contributed by atoms with Crippen LogP contribution in [0.15, 0.2) is 46.7 Å². The molecule has 144 valence electrons. The van der Waals surface area contributed by atoms with Gasteiger partial charge in [-0.2, -0.15) is 0 Å². The predicted molar refractivity (Wildman–Crippen MR) is 108 cm³/mol. The highest BCUT2D eigenvalue weighted by atomic mass is 32.2. The van der Waals surface area contributed by atoms with Crippen molar-refractivity contribution >= 4 is 29.5 Å². The van der Waals surface area contributed by atoms with E-state index in [2.05, 4.69) is 9.97 Å². The van der Waals surface area contributed by atoms with Crippen molar-refractivity contribution < 1.29 is 15.0 Å². The van der Waals surface area contributed by atoms with Crippen LogP contribution in [0.4, 0.5) is 0 Å². The molecule has 27 heavy (non-hydrogen) atoms. The van der Waals surface area contributed by atoms with E-state index in [4.69, 9.17) is 10.2 Å². The summed E-state index contributed by atoms with van der Waals surface area (Å²) in [6.07, 6.45) is 11.0. The second-order valence-corrected chi connectivity index (χ2v) is 9.21. The summed E-state index contributed by atoms with van der Waals surface area (Å²) in [5.74, 6) is -0.889. The second kappa shape index (κ2) is 10.1. The van der Waals surface area contributed by atoms with Gasteiger partial charge in [0.25, 0.3) is 0 Å². The van der Waals surface area contributed by atoms with Gasteiger partial charge < -0.3 is 10.2 Å². The first-order valence-corrected chi connectivity index (χ1v) is 11.0. The highest BCUT2D eigenvalue weighted by Crippen LogP contribution is 2.37. The molecule has 0 radical (unpaired) electrons. The Hall–Kier alpha value is -1.57. The zero-order valence-corrected chi connectivity index (χ0v) is 16.7. The minimum Gasteiger partial charge on any atom is -0.478 e. The van der Waals surface area contributed by atoms with E-state index in [1.165, 1.54) is 38.5 Å². The Bertz CT molecular complexity index is 764. The van der Waals surface area contributed by atoms with E-state index < -0.39 is 5.97 Å². The lowest BCUT2D eigenvalue weighted by Gasteiger charge is -2.24. The van der Waals surface area contributed by atoms with Gasteiger partial charge in [-0.15, -0.1) is 23.5 Å². The first kappa shape index (κ1) is 20.2. The molecule has 7 heteroatoms. The first-order chi connectivity index (χ1) is 13.2. The first-order valence-electron chi connectivity index (χ1n) is 9.23. The third kappa shape index (κ3) is 5.70. The van der Waals surface area contributed by atoms with Gasteiger partial charge in [0.05, 0.1) is 12.2 Å². The maximum Gasteiger partial charge on any atom is 0.338 e. The summed E-state index contributed by atoms with van der Waals surface area (Å²) < 4.78 is 0. The van der Waals surface area contributed by atoms with Crippen molar-refractivity contribution in [2.24, 2.45) is 0 Å². The topological polar surface area (TPSA) is 83.3 Å². The van der Waals surface area contributed by atoms with E-state index in [0.29, 0.717) is 15.8 Å². The number of hydrogen-bond acceptors (Lipinski definition) is 6. The summed E-state index contributed by atoms with van der Waals surface area (Å²) >= 11 is 3.40. The summed E-state index contributed by atoms with van der Waals surface area (Å²) in [7, 11) is 0. The van der Waals surface area contributed by atoms with Crippen LogP contribution >= 0.6 is 23.5 Å². The molecule has 2 aliphatic carbocycles. The molecule has 4 rings (SSSR count). The molecular formula is C20H24N2O3S2. The van der Waals surface area contributed by atoms with Crippen molar-refractivity contribution in [3.05, 3.63) is 47.8 Å². The van der Waals surface area contributed by atoms with Crippen LogP contribution in [0.1, 0.15) is 54.4 Å². The Balaban J connectivity index is 0.000000156. The number of carbonyl (C=O) groups is 1. The van der Waals surface area contributed by atoms with Crippen molar-refractivity contribution in [2.45, 2.75) is 65.7 Å². The van der Waals surface area contributed by atoms with Crippen molar-refractivity contribution in [3.8, 4) is 0 Å². The quantitative estimate of drug-likeness (QED) is 0.725. The smallest absolute Gasteiger partial charge is 0.338 e. The monoisotopic (exact) mass is 404 g/mol. The summed E-state index contributed by atoms with van der Waals surface area (Å²) in [6.45, 7) is 0.100. The van der Waals surface area contributed by atoms with Gasteiger partial charge in [0.2, 0.25) is 0 Å². The Morgan fingerprint density at radius 1 is 0.963 bits per heavy atom. The van der Waals surface area contributed by atoms with E-state index in [-0.39, 0.29) is 6.61 Å². The predicted octanol–water partition coefficient (Wildman–Crippen LogP) is 4.64. The van der Waals surface area contributed by atoms with Crippen molar-refractivity contribution in [1.29, 1.82) is 0 Å². The van der Waals surface area contributed by atoms with Crippen LogP contribution in [0.3, 0.4) is 0 Å². The van der Waals surface area contributed by atoms with Crippen LogP contribution in [0.2, 0.25) is 0 Å². The SMILES string of the molecule is O=C(O)c1cccnc1SC1CCC1.OCc1cccnc1SC1CCC1. The number of pyridine rings is 2. The summed E-state index contributed by atoms with van der Waals surface area (Å²) in [5, 5.41) is 21.0. The number of carboxylic acids is 1. The number of aliphatic hydroxyl groups is 1. The zero-order valence-electron chi connectivity index (χ0n) is 15.1. The number of aliphatic hydroxyl groups excluding tert-OH is 1. The number of nitrogens with zero attached hydrogens (tertiary/aromatic N) is 2. The molecule has 2 fully saturated rings. The molecule has 0 amide bonds. The average Bonchev–Trinajstić information content (AvgIpc) is 2.62. The van der Waals surface area contributed by atoms with Gasteiger partial charge in [-0.1, -0.05) is 18.9 Å². The maximum atomic E-state index is 10.9. The van der Waals surface area contributed by atoms with Crippen LogP contribution in [0, 0.1) is 0 Å². The Morgan fingerprint density at radius 3 is 2.04 bits per heavy atom. The molecule has 0 atom stereocenters. The molecule has 2 aromatic heterocycles. The molecule has 0 bridgehead atoms. The van der Waals surface area contributed by atoms with E-state index in [9.17, 15) is 4.79 Å². The lowest BCUT2D eigenvalue weighted by molar-refractivity contribution is 0.0692. The molecule has 2 heterocycles. The second-order valence-electron chi connectivity index (χ2n) is 6.63. The lowest BCUT2D eigenvalue weighted by atomic mass is 10.0. The molecule has 0 unspecified atom stereocenters. The molecule has 2 N–H and O–H groups in total. The average molecular weight is 405 g/mol. The fraction of sp³-hybridized carbons (Fsp3) is 0.450. The third-order valence-corrected chi connectivity index (χ3v) is 7.43. The van der Waals surface area contributed by atoms with Gasteiger partial charge in [0, 0.05) is 28.5 Å². The van der Waals surface area contributed by atoms with Crippen molar-refractivity contribution in [3.63, 3.8) is 0 Å². The Kier molecular flexibility index (Phi) is 7.55. The summed E-state index contributed by atoms with van der Waals surface area (Å²) in [6, 6.07) is 7.08. The number of rotatable bonds is 6. The third-order valence-electron chi connectivity index (χ3n) is 4.68. The number of aromatic carboxylic acids is 1. The summed E-state index contributed by atoms with van der Waals surface area (Å²) in [5.41, 5.74) is 1.28. The van der Waals surface area contributed by atoms with Crippen LogP contribution in [0.5, 0.6) is 0 Å². The van der Waals surface area contributed by atoms with Crippen molar-refractivity contribution in [2.75, 3.05) is 0 Å². The van der Waals surface area contributed by atoms with Gasteiger partial charge in [-0.3, -0.25) is 0 Å². The molecule has 2 aliphatic rings. The fourth-order valence-electron chi connectivity index (χ4n) is 2.59. The number of hydrogen-bond donors (Lipinski definition) is 2. The lowest BCUT2D eigenvalue weighted by Crippen LogP contribution is -2.14. The van der Waals surface area contributed by atoms with Gasteiger partial charge in [-0.05, 0) is 43.9 Å². The summed E-state index contributed by atoms with van der Waals surface area (Å²) in [4.78, 5) is 19.2. The van der Waals surface area contributed by atoms with Gasteiger partial charge >= 0.3 is 5.97 Å². The fourth-order valence-corrected chi connectivity index (χ4v) is 5.17. The minimum absolute atomic E-state index is 0.100. The van der Waals surface area contributed by atoms with E-state index in [1.807, 2.05) is 23.9 Å². The standard InChI is InChI=1S/C10H11NO2S.C10H13NOS/c12-10(13)8-5-2-6-11-9(8)14-7-3-1-4-7;12-7-8-3-2-6-11-10(8)13-9-4-1-5-9/h2,5-7H,1,3-4H2,(H,12,13);2-3,6,9,12H,1,4-5,7H2. The van der Waals surface area contributed by atoms with E-state index >= 15 is 0 Å². The van der Waals surface area contributed by atoms with Crippen LogP contribution in [-0.4, -0.2) is 36.7 Å². The molecule has 0 saturated heterocycles. The highest BCUT2D eigenvalue weighted by molar-refractivity contribution is 8.00. The zero-order chi connectivity index (χ0) is 19.1. The molecule has 2 saturated carbocycles. The highest BCUT2D eigenvalue weighted by Gasteiger charge is 2.22. The molecule has 0 aromatic carbocycles. The van der Waals surface area contributed by atoms with Gasteiger partial charge in [0.15, 0.2) is 0 Å². The van der Waals surface area contributed by atoms with Gasteiger partial charge in [0.1, 0.15) is 10.1 Å². The molecule has 0 spiro atoms. The Morgan fingerprint density at radius 2 is 1.52 bits per heavy atom. The largest absolute Gasteiger partial charge is 0.478 e. The van der Waals surface area contributed by atoms with Crippen LogP contribution in [-0.2, 0) is 6.61 Å².